The zero-order chi connectivity index (χ0) is 13.1. The number of hydrogen-bond acceptors (Lipinski definition) is 2. The largest absolute Gasteiger partial charge is 0.399 e. The monoisotopic (exact) mass is 276 g/mol. The second kappa shape index (κ2) is 5.30. The number of nitrogens with zero attached hydrogens (tertiary/aromatic N) is 1. The van der Waals surface area contributed by atoms with Crippen molar-refractivity contribution in [2.24, 2.45) is 0 Å². The maximum absolute atomic E-state index is 9.32. The fraction of sp³-hybridized carbons (Fsp3) is 0.0714. The molecule has 90 valence electrons. The van der Waals surface area contributed by atoms with E-state index in [9.17, 15) is 5.26 Å². The minimum Gasteiger partial charge on any atom is -0.399 e. The van der Waals surface area contributed by atoms with E-state index in [1.165, 1.54) is 0 Å². The van der Waals surface area contributed by atoms with Gasteiger partial charge in [-0.05, 0) is 35.4 Å². The summed E-state index contributed by atoms with van der Waals surface area (Å²) in [6, 6.07) is 14.6. The van der Waals surface area contributed by atoms with Gasteiger partial charge < -0.3 is 5.73 Å². The van der Waals surface area contributed by atoms with Crippen LogP contribution in [0.2, 0.25) is 10.0 Å². The van der Waals surface area contributed by atoms with Crippen molar-refractivity contribution in [2.45, 2.75) is 5.92 Å². The smallest absolute Gasteiger partial charge is 0.0977 e. The second-order valence-corrected chi connectivity index (χ2v) is 4.74. The summed E-state index contributed by atoms with van der Waals surface area (Å²) >= 11 is 12.0. The Kier molecular flexibility index (Phi) is 3.76. The van der Waals surface area contributed by atoms with Gasteiger partial charge in [0, 0.05) is 15.7 Å². The molecule has 2 aromatic rings. The molecule has 1 atom stereocenters. The number of nitriles is 1. The zero-order valence-electron chi connectivity index (χ0n) is 9.40. The summed E-state index contributed by atoms with van der Waals surface area (Å²) < 4.78 is 0. The maximum atomic E-state index is 9.32. The van der Waals surface area contributed by atoms with E-state index in [-0.39, 0.29) is 0 Å². The van der Waals surface area contributed by atoms with E-state index < -0.39 is 5.92 Å². The highest BCUT2D eigenvalue weighted by atomic mass is 35.5. The predicted octanol–water partition coefficient (Wildman–Crippen LogP) is 4.23. The van der Waals surface area contributed by atoms with E-state index in [2.05, 4.69) is 6.07 Å². The first kappa shape index (κ1) is 12.8. The number of benzene rings is 2. The summed E-state index contributed by atoms with van der Waals surface area (Å²) in [4.78, 5) is 0. The van der Waals surface area contributed by atoms with E-state index in [1.54, 1.807) is 30.3 Å². The lowest BCUT2D eigenvalue weighted by Gasteiger charge is -2.12. The molecule has 0 aliphatic heterocycles. The zero-order valence-corrected chi connectivity index (χ0v) is 10.9. The molecule has 0 saturated heterocycles. The van der Waals surface area contributed by atoms with Gasteiger partial charge >= 0.3 is 0 Å². The van der Waals surface area contributed by atoms with Crippen LogP contribution in [0.25, 0.3) is 0 Å². The van der Waals surface area contributed by atoms with Crippen molar-refractivity contribution in [1.29, 1.82) is 5.26 Å². The molecule has 2 rings (SSSR count). The molecule has 2 aromatic carbocycles. The van der Waals surface area contributed by atoms with Crippen molar-refractivity contribution in [3.8, 4) is 6.07 Å². The van der Waals surface area contributed by atoms with Crippen LogP contribution in [0.3, 0.4) is 0 Å². The van der Waals surface area contributed by atoms with Gasteiger partial charge in [-0.25, -0.2) is 0 Å². The Bertz CT molecular complexity index is 600. The molecule has 0 aliphatic rings. The quantitative estimate of drug-likeness (QED) is 0.835. The van der Waals surface area contributed by atoms with Gasteiger partial charge in [0.15, 0.2) is 0 Å². The predicted molar refractivity (Wildman–Crippen MR) is 74.8 cm³/mol. The van der Waals surface area contributed by atoms with E-state index in [1.807, 2.05) is 12.1 Å². The fourth-order valence-electron chi connectivity index (χ4n) is 1.76. The minimum absolute atomic E-state index is 0.421. The lowest BCUT2D eigenvalue weighted by Crippen LogP contribution is -1.99. The Morgan fingerprint density at radius 3 is 2.28 bits per heavy atom. The van der Waals surface area contributed by atoms with E-state index in [0.29, 0.717) is 15.7 Å². The minimum atomic E-state index is -0.421. The average molecular weight is 277 g/mol. The maximum Gasteiger partial charge on any atom is 0.0977 e. The molecule has 0 radical (unpaired) electrons. The van der Waals surface area contributed by atoms with Gasteiger partial charge in [-0.15, -0.1) is 0 Å². The lowest BCUT2D eigenvalue weighted by atomic mass is 9.92. The third-order valence-electron chi connectivity index (χ3n) is 2.67. The fourth-order valence-corrected chi connectivity index (χ4v) is 2.18. The van der Waals surface area contributed by atoms with Gasteiger partial charge in [0.25, 0.3) is 0 Å². The van der Waals surface area contributed by atoms with Crippen LogP contribution in [-0.2, 0) is 0 Å². The number of hydrogen-bond donors (Lipinski definition) is 1. The molecule has 0 aromatic heterocycles. The highest BCUT2D eigenvalue weighted by Gasteiger charge is 2.16. The summed E-state index contributed by atoms with van der Waals surface area (Å²) in [6.07, 6.45) is 0. The van der Waals surface area contributed by atoms with Crippen LogP contribution in [0.15, 0.2) is 42.5 Å². The molecule has 0 aliphatic carbocycles. The van der Waals surface area contributed by atoms with Crippen LogP contribution < -0.4 is 5.73 Å². The Balaban J connectivity index is 2.46. The summed E-state index contributed by atoms with van der Waals surface area (Å²) in [5, 5.41) is 10.5. The normalized spacial score (nSPS) is 11.8. The average Bonchev–Trinajstić information content (AvgIpc) is 2.35. The summed E-state index contributed by atoms with van der Waals surface area (Å²) in [7, 11) is 0. The van der Waals surface area contributed by atoms with Crippen LogP contribution in [0.5, 0.6) is 0 Å². The van der Waals surface area contributed by atoms with E-state index >= 15 is 0 Å². The van der Waals surface area contributed by atoms with Crippen molar-refractivity contribution in [3.05, 3.63) is 63.6 Å². The van der Waals surface area contributed by atoms with Gasteiger partial charge in [-0.2, -0.15) is 5.26 Å². The molecule has 4 heteroatoms. The Morgan fingerprint density at radius 1 is 1.06 bits per heavy atom. The van der Waals surface area contributed by atoms with Crippen molar-refractivity contribution < 1.29 is 0 Å². The third-order valence-corrected chi connectivity index (χ3v) is 3.25. The van der Waals surface area contributed by atoms with Crippen molar-refractivity contribution in [1.82, 2.24) is 0 Å². The molecule has 1 unspecified atom stereocenters. The number of rotatable bonds is 2. The summed E-state index contributed by atoms with van der Waals surface area (Å²) in [5.74, 6) is -0.421. The first-order chi connectivity index (χ1) is 8.61. The summed E-state index contributed by atoms with van der Waals surface area (Å²) in [6.45, 7) is 0. The van der Waals surface area contributed by atoms with Crippen molar-refractivity contribution in [3.63, 3.8) is 0 Å². The van der Waals surface area contributed by atoms with Gasteiger partial charge in [-0.3, -0.25) is 0 Å². The third kappa shape index (κ3) is 2.59. The van der Waals surface area contributed by atoms with E-state index in [4.69, 9.17) is 28.9 Å². The second-order valence-electron chi connectivity index (χ2n) is 3.89. The molecular formula is C14H10Cl2N2. The molecule has 0 amide bonds. The standard InChI is InChI=1S/C14H10Cl2N2/c15-10-3-1-9(2-4-10)13(8-17)12-6-5-11(18)7-14(12)16/h1-7,13H,18H2. The van der Waals surface area contributed by atoms with Gasteiger partial charge in [-0.1, -0.05) is 41.4 Å². The number of anilines is 1. The highest BCUT2D eigenvalue weighted by Crippen LogP contribution is 2.31. The lowest BCUT2D eigenvalue weighted by molar-refractivity contribution is 1.04. The Morgan fingerprint density at radius 2 is 1.72 bits per heavy atom. The number of nitrogen functional groups attached to an aromatic ring is 1. The molecule has 2 N–H and O–H groups in total. The molecule has 0 saturated carbocycles. The van der Waals surface area contributed by atoms with E-state index in [0.717, 1.165) is 11.1 Å². The van der Waals surface area contributed by atoms with Gasteiger partial charge in [0.05, 0.1) is 12.0 Å². The Labute approximate surface area is 116 Å². The Hall–Kier alpha value is -1.69. The van der Waals surface area contributed by atoms with Crippen LogP contribution in [0, 0.1) is 11.3 Å². The topological polar surface area (TPSA) is 49.8 Å². The van der Waals surface area contributed by atoms with Crippen LogP contribution in [0.4, 0.5) is 5.69 Å². The number of halogens is 2. The van der Waals surface area contributed by atoms with Crippen LogP contribution in [-0.4, -0.2) is 0 Å². The first-order valence-corrected chi connectivity index (χ1v) is 6.07. The molecule has 0 fully saturated rings. The highest BCUT2D eigenvalue weighted by molar-refractivity contribution is 6.31. The van der Waals surface area contributed by atoms with Crippen LogP contribution in [0.1, 0.15) is 17.0 Å². The summed E-state index contributed by atoms with van der Waals surface area (Å²) in [5.41, 5.74) is 7.82. The van der Waals surface area contributed by atoms with Gasteiger partial charge in [0.2, 0.25) is 0 Å². The number of nitrogens with two attached hydrogens (primary N) is 1. The van der Waals surface area contributed by atoms with Crippen LogP contribution >= 0.6 is 23.2 Å². The molecule has 0 bridgehead atoms. The molecule has 18 heavy (non-hydrogen) atoms. The molecule has 2 nitrogen and oxygen atoms in total. The molecular weight excluding hydrogens is 267 g/mol. The SMILES string of the molecule is N#CC(c1ccc(Cl)cc1)c1ccc(N)cc1Cl. The van der Waals surface area contributed by atoms with Crippen molar-refractivity contribution >= 4 is 28.9 Å². The first-order valence-electron chi connectivity index (χ1n) is 5.32. The molecule has 0 heterocycles. The van der Waals surface area contributed by atoms with Crippen molar-refractivity contribution in [2.75, 3.05) is 5.73 Å². The van der Waals surface area contributed by atoms with Gasteiger partial charge in [0.1, 0.15) is 0 Å². The molecule has 0 spiro atoms.